The van der Waals surface area contributed by atoms with E-state index < -0.39 is 0 Å². The number of nitrogens with one attached hydrogen (secondary N) is 1. The molecule has 1 saturated heterocycles. The minimum absolute atomic E-state index is 0.0729. The van der Waals surface area contributed by atoms with Crippen LogP contribution >= 0.6 is 0 Å². The molecule has 18 heavy (non-hydrogen) atoms. The number of carbonyl (C=O) groups excluding carboxylic acids is 1. The summed E-state index contributed by atoms with van der Waals surface area (Å²) in [7, 11) is 0. The number of nitrogens with two attached hydrogens (primary N) is 1. The molecule has 0 saturated carbocycles. The highest BCUT2D eigenvalue weighted by Crippen LogP contribution is 2.22. The minimum Gasteiger partial charge on any atom is -0.368 e. The third-order valence-electron chi connectivity index (χ3n) is 2.56. The summed E-state index contributed by atoms with van der Waals surface area (Å²) >= 11 is 0. The lowest BCUT2D eigenvalue weighted by Gasteiger charge is -2.39. The summed E-state index contributed by atoms with van der Waals surface area (Å²) in [6.07, 6.45) is 3.02. The fourth-order valence-corrected chi connectivity index (χ4v) is 1.89. The van der Waals surface area contributed by atoms with Gasteiger partial charge in [0.1, 0.15) is 6.23 Å². The van der Waals surface area contributed by atoms with Crippen LogP contribution in [0, 0.1) is 0 Å². The van der Waals surface area contributed by atoms with Crippen LogP contribution < -0.4 is 11.2 Å². The van der Waals surface area contributed by atoms with Crippen molar-refractivity contribution in [2.24, 2.45) is 10.8 Å². The molecule has 0 aromatic carbocycles. The van der Waals surface area contributed by atoms with Gasteiger partial charge in [0, 0.05) is 13.5 Å². The second kappa shape index (κ2) is 6.04. The Labute approximate surface area is 109 Å². The molecule has 1 unspecified atom stereocenters. The molecule has 3 N–H and O–H groups in total. The summed E-state index contributed by atoms with van der Waals surface area (Å²) < 4.78 is 5.97. The van der Waals surface area contributed by atoms with E-state index in [9.17, 15) is 4.79 Å². The topological polar surface area (TPSA) is 80.0 Å². The van der Waals surface area contributed by atoms with Gasteiger partial charge in [0.05, 0.1) is 5.60 Å². The van der Waals surface area contributed by atoms with E-state index in [4.69, 9.17) is 10.5 Å². The Bertz CT molecular complexity index is 323. The summed E-state index contributed by atoms with van der Waals surface area (Å²) in [5.74, 6) is 0.0717. The van der Waals surface area contributed by atoms with E-state index in [0.717, 1.165) is 25.8 Å². The second-order valence-corrected chi connectivity index (χ2v) is 5.51. The molecule has 0 spiro atoms. The van der Waals surface area contributed by atoms with E-state index in [2.05, 4.69) is 10.5 Å². The predicted octanol–water partition coefficient (Wildman–Crippen LogP) is 0.979. The van der Waals surface area contributed by atoms with Crippen molar-refractivity contribution in [2.45, 2.75) is 58.8 Å². The second-order valence-electron chi connectivity index (χ2n) is 5.51. The smallest absolute Gasteiger partial charge is 0.237 e. The molecule has 6 heteroatoms. The van der Waals surface area contributed by atoms with Crippen LogP contribution in [0.3, 0.4) is 0 Å². The number of rotatable bonds is 2. The molecule has 0 aliphatic carbocycles. The van der Waals surface area contributed by atoms with Crippen LogP contribution in [0.4, 0.5) is 0 Å². The van der Waals surface area contributed by atoms with E-state index in [1.54, 1.807) is 0 Å². The van der Waals surface area contributed by atoms with Gasteiger partial charge in [-0.15, -0.1) is 5.10 Å². The SMILES string of the molecule is CC(=O)N/N=C(\N)N1CCCCC1OC(C)(C)C. The van der Waals surface area contributed by atoms with E-state index >= 15 is 0 Å². The lowest BCUT2D eigenvalue weighted by atomic mass is 10.1. The molecule has 6 nitrogen and oxygen atoms in total. The molecule has 104 valence electrons. The zero-order chi connectivity index (χ0) is 13.8. The van der Waals surface area contributed by atoms with Crippen molar-refractivity contribution in [3.05, 3.63) is 0 Å². The standard InChI is InChI=1S/C12H24N4O2/c1-9(17)14-15-11(13)16-8-6-5-7-10(16)18-12(2,3)4/h10H,5-8H2,1-4H3,(H2,13,15)(H,14,17). The maximum atomic E-state index is 10.8. The number of amides is 1. The van der Waals surface area contributed by atoms with Crippen LogP contribution in [0.5, 0.6) is 0 Å². The van der Waals surface area contributed by atoms with Crippen LogP contribution in [0.25, 0.3) is 0 Å². The summed E-state index contributed by atoms with van der Waals surface area (Å²) in [6.45, 7) is 8.24. The number of hydrogen-bond acceptors (Lipinski definition) is 3. The van der Waals surface area contributed by atoms with Gasteiger partial charge >= 0.3 is 0 Å². The fourth-order valence-electron chi connectivity index (χ4n) is 1.89. The molecule has 0 aromatic heterocycles. The number of ether oxygens (including phenoxy) is 1. The Morgan fingerprint density at radius 2 is 2.11 bits per heavy atom. The number of hydrogen-bond donors (Lipinski definition) is 2. The van der Waals surface area contributed by atoms with Gasteiger partial charge in [-0.05, 0) is 40.0 Å². The maximum Gasteiger partial charge on any atom is 0.237 e. The Balaban J connectivity index is 2.69. The van der Waals surface area contributed by atoms with Crippen LogP contribution in [0.2, 0.25) is 0 Å². The molecule has 1 aliphatic heterocycles. The highest BCUT2D eigenvalue weighted by molar-refractivity contribution is 5.81. The Kier molecular flexibility index (Phi) is 4.95. The van der Waals surface area contributed by atoms with Crippen LogP contribution in [0.15, 0.2) is 5.10 Å². The average molecular weight is 256 g/mol. The summed E-state index contributed by atoms with van der Waals surface area (Å²) in [4.78, 5) is 12.7. The van der Waals surface area contributed by atoms with Crippen molar-refractivity contribution in [1.82, 2.24) is 10.3 Å². The lowest BCUT2D eigenvalue weighted by molar-refractivity contribution is -0.125. The zero-order valence-electron chi connectivity index (χ0n) is 11.7. The third-order valence-corrected chi connectivity index (χ3v) is 2.56. The first-order valence-corrected chi connectivity index (χ1v) is 6.34. The van der Waals surface area contributed by atoms with Crippen molar-refractivity contribution in [2.75, 3.05) is 6.54 Å². The third kappa shape index (κ3) is 4.91. The van der Waals surface area contributed by atoms with Crippen molar-refractivity contribution < 1.29 is 9.53 Å². The Morgan fingerprint density at radius 1 is 1.44 bits per heavy atom. The summed E-state index contributed by atoms with van der Waals surface area (Å²) in [5.41, 5.74) is 8.01. The first kappa shape index (κ1) is 14.8. The van der Waals surface area contributed by atoms with E-state index in [1.807, 2.05) is 25.7 Å². The largest absolute Gasteiger partial charge is 0.368 e. The predicted molar refractivity (Wildman–Crippen MR) is 70.6 cm³/mol. The Morgan fingerprint density at radius 3 is 2.67 bits per heavy atom. The van der Waals surface area contributed by atoms with Gasteiger partial charge in [-0.25, -0.2) is 5.43 Å². The molecule has 1 atom stereocenters. The van der Waals surface area contributed by atoms with Gasteiger partial charge in [-0.3, -0.25) is 4.79 Å². The lowest BCUT2D eigenvalue weighted by Crippen LogP contribution is -2.51. The molecule has 0 bridgehead atoms. The maximum absolute atomic E-state index is 10.8. The molecule has 1 amide bonds. The number of guanidine groups is 1. The quantitative estimate of drug-likeness (QED) is 0.438. The van der Waals surface area contributed by atoms with E-state index in [-0.39, 0.29) is 17.7 Å². The van der Waals surface area contributed by atoms with Crippen LogP contribution in [0.1, 0.15) is 47.0 Å². The molecule has 1 rings (SSSR count). The fraction of sp³-hybridized carbons (Fsp3) is 0.833. The molecule has 0 radical (unpaired) electrons. The van der Waals surface area contributed by atoms with Crippen molar-refractivity contribution in [1.29, 1.82) is 0 Å². The first-order chi connectivity index (χ1) is 8.29. The van der Waals surface area contributed by atoms with Gasteiger partial charge in [0.25, 0.3) is 0 Å². The van der Waals surface area contributed by atoms with E-state index in [1.165, 1.54) is 6.92 Å². The van der Waals surface area contributed by atoms with Gasteiger partial charge in [-0.1, -0.05) is 0 Å². The highest BCUT2D eigenvalue weighted by Gasteiger charge is 2.28. The summed E-state index contributed by atoms with van der Waals surface area (Å²) in [5, 5.41) is 3.87. The molecular weight excluding hydrogens is 232 g/mol. The summed E-state index contributed by atoms with van der Waals surface area (Å²) in [6, 6.07) is 0. The molecule has 1 heterocycles. The van der Waals surface area contributed by atoms with Gasteiger partial charge in [0.15, 0.2) is 0 Å². The Hall–Kier alpha value is -1.30. The van der Waals surface area contributed by atoms with Crippen LogP contribution in [-0.4, -0.2) is 35.1 Å². The zero-order valence-corrected chi connectivity index (χ0v) is 11.7. The van der Waals surface area contributed by atoms with Crippen molar-refractivity contribution in [3.8, 4) is 0 Å². The number of likely N-dealkylation sites (tertiary alicyclic amines) is 1. The van der Waals surface area contributed by atoms with Crippen LogP contribution in [-0.2, 0) is 9.53 Å². The number of hydrazone groups is 1. The number of piperidine rings is 1. The van der Waals surface area contributed by atoms with Gasteiger partial charge < -0.3 is 15.4 Å². The molecule has 0 aromatic rings. The number of carbonyl (C=O) groups is 1. The van der Waals surface area contributed by atoms with Gasteiger partial charge in [0.2, 0.25) is 11.9 Å². The van der Waals surface area contributed by atoms with Crippen molar-refractivity contribution >= 4 is 11.9 Å². The monoisotopic (exact) mass is 256 g/mol. The molecule has 1 fully saturated rings. The van der Waals surface area contributed by atoms with Crippen molar-refractivity contribution in [3.63, 3.8) is 0 Å². The van der Waals surface area contributed by atoms with E-state index in [0.29, 0.717) is 5.96 Å². The molecular formula is C12H24N4O2. The minimum atomic E-state index is -0.233. The normalized spacial score (nSPS) is 21.9. The average Bonchev–Trinajstić information content (AvgIpc) is 2.24. The number of nitrogens with zero attached hydrogens (tertiary/aromatic N) is 2. The molecule has 1 aliphatic rings. The van der Waals surface area contributed by atoms with Gasteiger partial charge in [-0.2, -0.15) is 0 Å². The highest BCUT2D eigenvalue weighted by atomic mass is 16.5. The first-order valence-electron chi connectivity index (χ1n) is 6.34.